The normalized spacial score (nSPS) is 11.5. The van der Waals surface area contributed by atoms with Gasteiger partial charge in [-0.15, -0.1) is 0 Å². The summed E-state index contributed by atoms with van der Waals surface area (Å²) >= 11 is 0. The summed E-state index contributed by atoms with van der Waals surface area (Å²) in [5.74, 6) is 1.99. The quantitative estimate of drug-likeness (QED) is 0.440. The topological polar surface area (TPSA) is 77.3 Å². The molecule has 3 heterocycles. The van der Waals surface area contributed by atoms with Gasteiger partial charge in [0.2, 0.25) is 5.62 Å². The van der Waals surface area contributed by atoms with E-state index in [1.165, 1.54) is 5.56 Å². The number of aromatic nitrogens is 6. The van der Waals surface area contributed by atoms with Gasteiger partial charge in [-0.1, -0.05) is 62.4 Å². The average molecular weight is 438 g/mol. The second kappa shape index (κ2) is 8.16. The minimum atomic E-state index is 0.368. The molecule has 0 atom stereocenters. The van der Waals surface area contributed by atoms with Crippen LogP contribution in [0.3, 0.4) is 0 Å². The van der Waals surface area contributed by atoms with Crippen LogP contribution in [0.4, 0.5) is 0 Å². The molecule has 2 aromatic carbocycles. The number of rotatable bonds is 5. The first kappa shape index (κ1) is 20.9. The number of benzene rings is 2. The molecule has 3 aromatic heterocycles. The zero-order valence-corrected chi connectivity index (χ0v) is 19.3. The fraction of sp³-hybridized carbons (Fsp3) is 0.231. The van der Waals surface area contributed by atoms with Gasteiger partial charge in [0.1, 0.15) is 11.3 Å². The Bertz CT molecular complexity index is 1500. The molecule has 33 heavy (non-hydrogen) atoms. The molecule has 7 nitrogen and oxygen atoms in total. The van der Waals surface area contributed by atoms with Crippen LogP contribution in [0, 0.1) is 5.41 Å². The maximum atomic E-state index is 8.69. The van der Waals surface area contributed by atoms with Gasteiger partial charge in [-0.2, -0.15) is 0 Å². The fourth-order valence-electron chi connectivity index (χ4n) is 4.27. The van der Waals surface area contributed by atoms with Crippen molar-refractivity contribution in [3.8, 4) is 22.8 Å². The van der Waals surface area contributed by atoms with Crippen molar-refractivity contribution in [1.29, 1.82) is 5.41 Å². The highest BCUT2D eigenvalue weighted by atomic mass is 15.2. The molecule has 0 bridgehead atoms. The van der Waals surface area contributed by atoms with Crippen molar-refractivity contribution in [1.82, 2.24) is 28.7 Å². The lowest BCUT2D eigenvalue weighted by Gasteiger charge is -2.12. The van der Waals surface area contributed by atoms with Gasteiger partial charge >= 0.3 is 0 Å². The average Bonchev–Trinajstić information content (AvgIpc) is 3.36. The van der Waals surface area contributed by atoms with Crippen molar-refractivity contribution >= 4 is 11.2 Å². The van der Waals surface area contributed by atoms with E-state index < -0.39 is 0 Å². The molecule has 0 saturated carbocycles. The molecule has 0 unspecified atom stereocenters. The number of aryl methyl sites for hydroxylation is 2. The molecule has 5 aromatic rings. The minimum absolute atomic E-state index is 0.368. The molecule has 5 rings (SSSR count). The van der Waals surface area contributed by atoms with Gasteiger partial charge in [-0.05, 0) is 17.0 Å². The van der Waals surface area contributed by atoms with Crippen molar-refractivity contribution in [3.05, 3.63) is 83.9 Å². The van der Waals surface area contributed by atoms with Crippen molar-refractivity contribution in [3.63, 3.8) is 0 Å². The van der Waals surface area contributed by atoms with Crippen LogP contribution in [0.1, 0.15) is 30.9 Å². The zero-order chi connectivity index (χ0) is 23.1. The Morgan fingerprint density at radius 1 is 0.970 bits per heavy atom. The molecule has 166 valence electrons. The maximum absolute atomic E-state index is 8.69. The summed E-state index contributed by atoms with van der Waals surface area (Å²) in [5, 5.41) is 8.69. The molecule has 0 spiro atoms. The van der Waals surface area contributed by atoms with E-state index in [1.54, 1.807) is 6.20 Å². The standard InChI is InChI=1S/C26H27N7/c1-17(2)20-7-5-6-8-21(20)23-29-15-22-25(30-23)33(26(27)32(22)4)16-18-9-11-19(12-10-18)24-28-13-14-31(24)3/h5-15,17,27H,16H2,1-4H3. The smallest absolute Gasteiger partial charge is 0.204 e. The Morgan fingerprint density at radius 3 is 2.42 bits per heavy atom. The lowest BCUT2D eigenvalue weighted by Crippen LogP contribution is -2.23. The molecule has 0 amide bonds. The van der Waals surface area contributed by atoms with Crippen LogP contribution < -0.4 is 5.62 Å². The van der Waals surface area contributed by atoms with E-state index in [9.17, 15) is 0 Å². The summed E-state index contributed by atoms with van der Waals surface area (Å²) in [5.41, 5.74) is 6.42. The predicted molar refractivity (Wildman–Crippen MR) is 130 cm³/mol. The summed E-state index contributed by atoms with van der Waals surface area (Å²) in [4.78, 5) is 14.0. The Hall–Kier alpha value is -4.00. The van der Waals surface area contributed by atoms with E-state index in [1.807, 2.05) is 46.3 Å². The maximum Gasteiger partial charge on any atom is 0.204 e. The van der Waals surface area contributed by atoms with E-state index in [4.69, 9.17) is 10.4 Å². The number of nitrogens with one attached hydrogen (secondary N) is 1. The Kier molecular flexibility index (Phi) is 5.17. The first-order valence-corrected chi connectivity index (χ1v) is 11.1. The van der Waals surface area contributed by atoms with Crippen molar-refractivity contribution in [2.75, 3.05) is 0 Å². The lowest BCUT2D eigenvalue weighted by atomic mass is 9.97. The van der Waals surface area contributed by atoms with E-state index >= 15 is 0 Å². The molecule has 0 aliphatic rings. The Morgan fingerprint density at radius 2 is 1.73 bits per heavy atom. The summed E-state index contributed by atoms with van der Waals surface area (Å²) in [7, 11) is 3.87. The van der Waals surface area contributed by atoms with E-state index in [-0.39, 0.29) is 0 Å². The highest BCUT2D eigenvalue weighted by molar-refractivity contribution is 5.74. The molecule has 0 aliphatic heterocycles. The summed E-state index contributed by atoms with van der Waals surface area (Å²) in [6.07, 6.45) is 5.57. The van der Waals surface area contributed by atoms with Crippen LogP contribution in [0.25, 0.3) is 33.9 Å². The predicted octanol–water partition coefficient (Wildman–Crippen LogP) is 4.49. The highest BCUT2D eigenvalue weighted by Crippen LogP contribution is 2.27. The molecule has 7 heteroatoms. The number of imidazole rings is 2. The molecule has 1 N–H and O–H groups in total. The first-order valence-electron chi connectivity index (χ1n) is 11.1. The van der Waals surface area contributed by atoms with E-state index in [0.717, 1.165) is 33.7 Å². The van der Waals surface area contributed by atoms with Crippen LogP contribution in [0.5, 0.6) is 0 Å². The van der Waals surface area contributed by atoms with Crippen molar-refractivity contribution in [2.24, 2.45) is 14.1 Å². The summed E-state index contributed by atoms with van der Waals surface area (Å²) < 4.78 is 5.77. The summed E-state index contributed by atoms with van der Waals surface area (Å²) in [6.45, 7) is 4.91. The largest absolute Gasteiger partial charge is 0.334 e. The molecular weight excluding hydrogens is 410 g/mol. The zero-order valence-electron chi connectivity index (χ0n) is 19.3. The van der Waals surface area contributed by atoms with Gasteiger partial charge < -0.3 is 9.13 Å². The van der Waals surface area contributed by atoms with Gasteiger partial charge in [0, 0.05) is 37.6 Å². The minimum Gasteiger partial charge on any atom is -0.334 e. The highest BCUT2D eigenvalue weighted by Gasteiger charge is 2.16. The van der Waals surface area contributed by atoms with Gasteiger partial charge in [0.15, 0.2) is 11.5 Å². The van der Waals surface area contributed by atoms with Crippen LogP contribution in [-0.4, -0.2) is 28.7 Å². The molecule has 0 radical (unpaired) electrons. The summed E-state index contributed by atoms with van der Waals surface area (Å²) in [6, 6.07) is 16.6. The number of hydrogen-bond acceptors (Lipinski definition) is 4. The Labute approximate surface area is 192 Å². The van der Waals surface area contributed by atoms with Gasteiger partial charge in [-0.3, -0.25) is 9.98 Å². The molecule has 0 fully saturated rings. The van der Waals surface area contributed by atoms with Gasteiger partial charge in [-0.25, -0.2) is 15.0 Å². The van der Waals surface area contributed by atoms with Crippen LogP contribution in [-0.2, 0) is 20.6 Å². The second-order valence-corrected chi connectivity index (χ2v) is 8.67. The number of fused-ring (bicyclic) bond motifs is 1. The van der Waals surface area contributed by atoms with Gasteiger partial charge in [0.05, 0.1) is 12.7 Å². The number of nitrogens with zero attached hydrogens (tertiary/aromatic N) is 6. The third-order valence-corrected chi connectivity index (χ3v) is 6.14. The van der Waals surface area contributed by atoms with Crippen LogP contribution >= 0.6 is 0 Å². The van der Waals surface area contributed by atoms with Crippen molar-refractivity contribution < 1.29 is 0 Å². The Balaban J connectivity index is 1.56. The monoisotopic (exact) mass is 437 g/mol. The van der Waals surface area contributed by atoms with Crippen molar-refractivity contribution in [2.45, 2.75) is 26.3 Å². The second-order valence-electron chi connectivity index (χ2n) is 8.67. The van der Waals surface area contributed by atoms with Crippen LogP contribution in [0.15, 0.2) is 67.1 Å². The van der Waals surface area contributed by atoms with Gasteiger partial charge in [0.25, 0.3) is 0 Å². The number of hydrogen-bond donors (Lipinski definition) is 1. The molecular formula is C26H27N7. The fourth-order valence-corrected chi connectivity index (χ4v) is 4.27. The first-order chi connectivity index (χ1) is 15.9. The lowest BCUT2D eigenvalue weighted by molar-refractivity contribution is 0.691. The van der Waals surface area contributed by atoms with Crippen LogP contribution in [0.2, 0.25) is 0 Å². The molecule has 0 saturated heterocycles. The third-order valence-electron chi connectivity index (χ3n) is 6.14. The molecule has 0 aliphatic carbocycles. The van der Waals surface area contributed by atoms with E-state index in [0.29, 0.717) is 23.9 Å². The third kappa shape index (κ3) is 3.65. The van der Waals surface area contributed by atoms with E-state index in [2.05, 4.69) is 66.3 Å². The SMILES string of the molecule is CC(C)c1ccccc1-c1ncc2c(n1)n(Cc1ccc(-c3nccn3C)cc1)c(=N)n2C.